The van der Waals surface area contributed by atoms with Gasteiger partial charge in [-0.1, -0.05) is 46.9 Å². The van der Waals surface area contributed by atoms with E-state index in [9.17, 15) is 9.59 Å². The van der Waals surface area contributed by atoms with Gasteiger partial charge in [0.05, 0.1) is 16.8 Å². The number of carbonyl (C=O) groups excluding carboxylic acids is 2. The maximum absolute atomic E-state index is 12.8. The third-order valence-electron chi connectivity index (χ3n) is 4.99. The number of ether oxygens (including phenoxy) is 1. The molecule has 6 nitrogen and oxygen atoms in total. The number of amides is 2. The smallest absolute Gasteiger partial charge is 0.408 e. The Morgan fingerprint density at radius 2 is 1.69 bits per heavy atom. The highest BCUT2D eigenvalue weighted by Crippen LogP contribution is 2.36. The highest BCUT2D eigenvalue weighted by molar-refractivity contribution is 6.36. The van der Waals surface area contributed by atoms with Gasteiger partial charge in [0.15, 0.2) is 0 Å². The van der Waals surface area contributed by atoms with Crippen LogP contribution in [0.5, 0.6) is 0 Å². The Balaban J connectivity index is 1.77. The van der Waals surface area contributed by atoms with Crippen LogP contribution in [-0.4, -0.2) is 48.7 Å². The van der Waals surface area contributed by atoms with Crippen molar-refractivity contribution in [2.75, 3.05) is 31.1 Å². The summed E-state index contributed by atoms with van der Waals surface area (Å²) in [5.41, 5.74) is 1.21. The number of halogens is 3. The van der Waals surface area contributed by atoms with Crippen LogP contribution in [0.25, 0.3) is 0 Å². The molecule has 1 heterocycles. The zero-order chi connectivity index (χ0) is 23.5. The Bertz CT molecular complexity index is 977. The number of carbonyl (C=O) groups is 2. The van der Waals surface area contributed by atoms with Crippen molar-refractivity contribution in [3.05, 3.63) is 63.1 Å². The molecule has 9 heteroatoms. The number of anilines is 1. The third kappa shape index (κ3) is 6.44. The lowest BCUT2D eigenvalue weighted by Crippen LogP contribution is -2.53. The summed E-state index contributed by atoms with van der Waals surface area (Å²) in [4.78, 5) is 28.6. The first kappa shape index (κ1) is 24.5. The van der Waals surface area contributed by atoms with E-state index in [1.165, 1.54) is 0 Å². The number of hydrogen-bond acceptors (Lipinski definition) is 4. The van der Waals surface area contributed by atoms with E-state index in [4.69, 9.17) is 39.5 Å². The molecule has 0 aliphatic carbocycles. The molecule has 32 heavy (non-hydrogen) atoms. The van der Waals surface area contributed by atoms with Gasteiger partial charge in [0, 0.05) is 29.7 Å². The minimum Gasteiger partial charge on any atom is -0.444 e. The molecule has 1 N–H and O–H groups in total. The van der Waals surface area contributed by atoms with E-state index in [2.05, 4.69) is 10.2 Å². The van der Waals surface area contributed by atoms with Crippen LogP contribution in [-0.2, 0) is 9.53 Å². The van der Waals surface area contributed by atoms with Gasteiger partial charge >= 0.3 is 6.09 Å². The van der Waals surface area contributed by atoms with Gasteiger partial charge in [0.2, 0.25) is 5.91 Å². The molecule has 2 aromatic carbocycles. The largest absolute Gasteiger partial charge is 0.444 e. The predicted molar refractivity (Wildman–Crippen MR) is 129 cm³/mol. The highest BCUT2D eigenvalue weighted by atomic mass is 35.5. The fraction of sp³-hybridized carbons (Fsp3) is 0.391. The summed E-state index contributed by atoms with van der Waals surface area (Å²) in [6, 6.07) is 12.8. The minimum absolute atomic E-state index is 0.135. The molecule has 0 bridgehead atoms. The van der Waals surface area contributed by atoms with Gasteiger partial charge in [-0.05, 0) is 56.7 Å². The molecule has 0 saturated carbocycles. The first-order valence-electron chi connectivity index (χ1n) is 10.3. The first-order valence-corrected chi connectivity index (χ1v) is 11.4. The lowest BCUT2D eigenvalue weighted by Gasteiger charge is -2.43. The van der Waals surface area contributed by atoms with Gasteiger partial charge in [-0.2, -0.15) is 0 Å². The molecule has 0 radical (unpaired) electrons. The summed E-state index contributed by atoms with van der Waals surface area (Å²) < 4.78 is 5.21. The molecule has 1 fully saturated rings. The van der Waals surface area contributed by atoms with E-state index < -0.39 is 11.7 Å². The molecular weight excluding hydrogens is 473 g/mol. The van der Waals surface area contributed by atoms with Gasteiger partial charge in [-0.25, -0.2) is 4.79 Å². The predicted octanol–water partition coefficient (Wildman–Crippen LogP) is 5.56. The van der Waals surface area contributed by atoms with Crippen molar-refractivity contribution in [2.24, 2.45) is 0 Å². The van der Waals surface area contributed by atoms with Crippen LogP contribution in [0.2, 0.25) is 15.1 Å². The van der Waals surface area contributed by atoms with Crippen molar-refractivity contribution in [3.8, 4) is 0 Å². The lowest BCUT2D eigenvalue weighted by atomic mass is 10.0. The number of hydrogen-bond donors (Lipinski definition) is 1. The maximum Gasteiger partial charge on any atom is 0.408 e. The lowest BCUT2D eigenvalue weighted by molar-refractivity contribution is -0.131. The molecule has 0 spiro atoms. The van der Waals surface area contributed by atoms with Crippen LogP contribution in [0, 0.1) is 0 Å². The second-order valence-electron chi connectivity index (χ2n) is 8.55. The Morgan fingerprint density at radius 1 is 1.03 bits per heavy atom. The maximum atomic E-state index is 12.8. The number of piperazine rings is 1. The number of nitrogens with zero attached hydrogens (tertiary/aromatic N) is 2. The van der Waals surface area contributed by atoms with Gasteiger partial charge in [-0.3, -0.25) is 4.79 Å². The second-order valence-corrected chi connectivity index (χ2v) is 9.83. The molecule has 1 aliphatic heterocycles. The normalized spacial score (nSPS) is 16.6. The monoisotopic (exact) mass is 497 g/mol. The first-order chi connectivity index (χ1) is 15.0. The van der Waals surface area contributed by atoms with Gasteiger partial charge < -0.3 is 19.9 Å². The number of alkyl carbamates (subject to hydrolysis) is 1. The molecule has 3 rings (SSSR count). The number of benzene rings is 2. The van der Waals surface area contributed by atoms with E-state index in [1.807, 2.05) is 30.3 Å². The van der Waals surface area contributed by atoms with Crippen molar-refractivity contribution >= 4 is 52.5 Å². The number of rotatable bonds is 4. The van der Waals surface area contributed by atoms with Gasteiger partial charge in [0.25, 0.3) is 0 Å². The summed E-state index contributed by atoms with van der Waals surface area (Å²) in [7, 11) is 0. The summed E-state index contributed by atoms with van der Waals surface area (Å²) in [6.07, 6.45) is -0.619. The number of nitrogens with one attached hydrogen (secondary N) is 1. The average Bonchev–Trinajstić information content (AvgIpc) is 2.71. The molecule has 1 atom stereocenters. The van der Waals surface area contributed by atoms with Crippen LogP contribution in [0.1, 0.15) is 32.4 Å². The van der Waals surface area contributed by atoms with Gasteiger partial charge in [0.1, 0.15) is 12.1 Å². The Hall–Kier alpha value is -2.15. The van der Waals surface area contributed by atoms with Crippen LogP contribution in [0.15, 0.2) is 42.5 Å². The highest BCUT2D eigenvalue weighted by Gasteiger charge is 2.32. The molecule has 0 unspecified atom stereocenters. The summed E-state index contributed by atoms with van der Waals surface area (Å²) >= 11 is 18.6. The molecule has 1 aliphatic rings. The quantitative estimate of drug-likeness (QED) is 0.599. The fourth-order valence-corrected chi connectivity index (χ4v) is 4.20. The summed E-state index contributed by atoms with van der Waals surface area (Å²) in [5.74, 6) is -0.184. The fourth-order valence-electron chi connectivity index (χ4n) is 3.56. The molecule has 2 aromatic rings. The summed E-state index contributed by atoms with van der Waals surface area (Å²) in [6.45, 7) is 6.65. The third-order valence-corrected chi connectivity index (χ3v) is 5.78. The van der Waals surface area contributed by atoms with Crippen LogP contribution >= 0.6 is 34.8 Å². The average molecular weight is 499 g/mol. The second kappa shape index (κ2) is 10.2. The molecule has 2 amide bonds. The Kier molecular flexibility index (Phi) is 7.80. The van der Waals surface area contributed by atoms with Crippen molar-refractivity contribution in [2.45, 2.75) is 32.4 Å². The zero-order valence-electron chi connectivity index (χ0n) is 18.2. The summed E-state index contributed by atoms with van der Waals surface area (Å²) in [5, 5.41) is 4.28. The standard InChI is InChI=1S/C23H26Cl3N3O3/c1-23(2,3)32-22(31)27-13-21(30)28-10-11-29(19-9-8-17(25)12-18(19)26)20(14-28)15-4-6-16(24)7-5-15/h4-9,12,20H,10-11,13-14H2,1-3H3,(H,27,31)/t20-/m0/s1. The van der Waals surface area contributed by atoms with Crippen LogP contribution in [0.4, 0.5) is 10.5 Å². The minimum atomic E-state index is -0.629. The molecule has 1 saturated heterocycles. The van der Waals surface area contributed by atoms with Crippen molar-refractivity contribution in [3.63, 3.8) is 0 Å². The van der Waals surface area contributed by atoms with Crippen molar-refractivity contribution < 1.29 is 14.3 Å². The van der Waals surface area contributed by atoms with E-state index in [0.29, 0.717) is 34.7 Å². The topological polar surface area (TPSA) is 61.9 Å². The van der Waals surface area contributed by atoms with E-state index in [0.717, 1.165) is 11.3 Å². The van der Waals surface area contributed by atoms with Crippen molar-refractivity contribution in [1.82, 2.24) is 10.2 Å². The zero-order valence-corrected chi connectivity index (χ0v) is 20.5. The van der Waals surface area contributed by atoms with Crippen molar-refractivity contribution in [1.29, 1.82) is 0 Å². The Morgan fingerprint density at radius 3 is 2.31 bits per heavy atom. The van der Waals surface area contributed by atoms with Crippen LogP contribution < -0.4 is 10.2 Å². The molecule has 0 aromatic heterocycles. The van der Waals surface area contributed by atoms with E-state index >= 15 is 0 Å². The van der Waals surface area contributed by atoms with Crippen LogP contribution in [0.3, 0.4) is 0 Å². The van der Waals surface area contributed by atoms with Gasteiger partial charge in [-0.15, -0.1) is 0 Å². The SMILES string of the molecule is CC(C)(C)OC(=O)NCC(=O)N1CCN(c2ccc(Cl)cc2Cl)[C@H](c2ccc(Cl)cc2)C1. The van der Waals surface area contributed by atoms with E-state index in [-0.39, 0.29) is 18.5 Å². The Labute approximate surface area is 203 Å². The molecular formula is C23H26Cl3N3O3. The van der Waals surface area contributed by atoms with E-state index in [1.54, 1.807) is 37.8 Å². The molecule has 172 valence electrons.